The van der Waals surface area contributed by atoms with E-state index in [0.717, 1.165) is 31.2 Å². The Morgan fingerprint density at radius 2 is 1.75 bits per heavy atom. The first kappa shape index (κ1) is 25.9. The van der Waals surface area contributed by atoms with E-state index in [0.29, 0.717) is 18.6 Å². The summed E-state index contributed by atoms with van der Waals surface area (Å²) < 4.78 is 5.32. The third kappa shape index (κ3) is 5.79. The van der Waals surface area contributed by atoms with Crippen molar-refractivity contribution < 1.29 is 23.9 Å². The standard InChI is InChI=1S/C28H37N3O5/c1-19(26(33)29-21-10-4-3-5-11-21)31(18-20-9-8-12-22(17-20)36-2)25(32)15-16-30-27(34)23-13-6-7-14-24(23)28(30)35/h6-9,12,17,19,21,23-24H,3-5,10-11,13-16,18H2,1-2H3,(H,29,33)/t19-,23-,24+/m1/s1. The molecule has 0 bridgehead atoms. The predicted octanol–water partition coefficient (Wildman–Crippen LogP) is 3.20. The first-order chi connectivity index (χ1) is 17.4. The molecular formula is C28H37N3O5. The number of ether oxygens (including phenoxy) is 1. The highest BCUT2D eigenvalue weighted by molar-refractivity contribution is 6.05. The van der Waals surface area contributed by atoms with Crippen LogP contribution in [0.25, 0.3) is 0 Å². The van der Waals surface area contributed by atoms with Crippen LogP contribution in [0.5, 0.6) is 5.75 Å². The van der Waals surface area contributed by atoms with Crippen LogP contribution in [0.3, 0.4) is 0 Å². The number of hydrogen-bond acceptors (Lipinski definition) is 5. The second-order valence-corrected chi connectivity index (χ2v) is 10.1. The smallest absolute Gasteiger partial charge is 0.242 e. The fraction of sp³-hybridized carbons (Fsp3) is 0.571. The van der Waals surface area contributed by atoms with Crippen LogP contribution < -0.4 is 10.1 Å². The molecule has 4 amide bonds. The van der Waals surface area contributed by atoms with Gasteiger partial charge in [0.2, 0.25) is 23.6 Å². The van der Waals surface area contributed by atoms with E-state index in [-0.39, 0.29) is 61.0 Å². The number of benzene rings is 1. The molecule has 0 spiro atoms. The summed E-state index contributed by atoms with van der Waals surface area (Å²) >= 11 is 0. The second kappa shape index (κ2) is 11.7. The number of allylic oxidation sites excluding steroid dienone is 2. The van der Waals surface area contributed by atoms with Crippen molar-refractivity contribution >= 4 is 23.6 Å². The molecule has 36 heavy (non-hydrogen) atoms. The largest absolute Gasteiger partial charge is 0.497 e. The van der Waals surface area contributed by atoms with E-state index < -0.39 is 6.04 Å². The molecule has 0 unspecified atom stereocenters. The van der Waals surface area contributed by atoms with Crippen molar-refractivity contribution in [3.8, 4) is 5.75 Å². The van der Waals surface area contributed by atoms with E-state index >= 15 is 0 Å². The molecule has 2 fully saturated rings. The lowest BCUT2D eigenvalue weighted by Gasteiger charge is -2.31. The van der Waals surface area contributed by atoms with Crippen molar-refractivity contribution in [2.45, 2.75) is 76.9 Å². The Labute approximate surface area is 213 Å². The summed E-state index contributed by atoms with van der Waals surface area (Å²) in [6.07, 6.45) is 10.3. The summed E-state index contributed by atoms with van der Waals surface area (Å²) in [7, 11) is 1.58. The number of amides is 4. The Morgan fingerprint density at radius 3 is 2.39 bits per heavy atom. The van der Waals surface area contributed by atoms with Gasteiger partial charge < -0.3 is 15.0 Å². The average Bonchev–Trinajstić information content (AvgIpc) is 3.15. The Hall–Kier alpha value is -3.16. The van der Waals surface area contributed by atoms with Crippen molar-refractivity contribution in [1.82, 2.24) is 15.1 Å². The minimum atomic E-state index is -0.692. The molecule has 3 atom stereocenters. The van der Waals surface area contributed by atoms with E-state index in [2.05, 4.69) is 5.32 Å². The molecule has 3 aliphatic rings. The third-order valence-corrected chi connectivity index (χ3v) is 7.75. The molecule has 8 nitrogen and oxygen atoms in total. The number of nitrogens with zero attached hydrogens (tertiary/aromatic N) is 2. The number of fused-ring (bicyclic) bond motifs is 1. The molecule has 1 saturated heterocycles. The molecule has 4 rings (SSSR count). The van der Waals surface area contributed by atoms with Crippen molar-refractivity contribution in [2.24, 2.45) is 11.8 Å². The summed E-state index contributed by atoms with van der Waals surface area (Å²) in [6, 6.07) is 6.85. The molecule has 8 heteroatoms. The van der Waals surface area contributed by atoms with E-state index in [9.17, 15) is 19.2 Å². The van der Waals surface area contributed by atoms with Gasteiger partial charge in [-0.15, -0.1) is 0 Å². The first-order valence-electron chi connectivity index (χ1n) is 13.1. The van der Waals surface area contributed by atoms with E-state index in [4.69, 9.17) is 4.74 Å². The first-order valence-corrected chi connectivity index (χ1v) is 13.1. The Bertz CT molecular complexity index is 990. The predicted molar refractivity (Wildman–Crippen MR) is 135 cm³/mol. The van der Waals surface area contributed by atoms with E-state index in [1.807, 2.05) is 36.4 Å². The molecule has 0 radical (unpaired) electrons. The zero-order chi connectivity index (χ0) is 25.7. The summed E-state index contributed by atoms with van der Waals surface area (Å²) in [5.74, 6) is -0.782. The molecule has 0 aromatic heterocycles. The third-order valence-electron chi connectivity index (χ3n) is 7.75. The maximum absolute atomic E-state index is 13.5. The Morgan fingerprint density at radius 1 is 1.08 bits per heavy atom. The Balaban J connectivity index is 1.45. The van der Waals surface area contributed by atoms with Gasteiger partial charge >= 0.3 is 0 Å². The summed E-state index contributed by atoms with van der Waals surface area (Å²) in [6.45, 7) is 2.00. The number of carbonyl (C=O) groups excluding carboxylic acids is 4. The highest BCUT2D eigenvalue weighted by Gasteiger charge is 2.47. The molecule has 1 aliphatic heterocycles. The minimum absolute atomic E-state index is 0.0185. The number of likely N-dealkylation sites (tertiary alicyclic amines) is 1. The quantitative estimate of drug-likeness (QED) is 0.419. The lowest BCUT2D eigenvalue weighted by atomic mass is 9.85. The average molecular weight is 496 g/mol. The summed E-state index contributed by atoms with van der Waals surface area (Å²) in [5, 5.41) is 3.12. The molecular weight excluding hydrogens is 458 g/mol. The van der Waals surface area contributed by atoms with Gasteiger partial charge in [0.05, 0.1) is 18.9 Å². The molecule has 2 aliphatic carbocycles. The number of imide groups is 1. The number of carbonyl (C=O) groups is 4. The van der Waals surface area contributed by atoms with Crippen LogP contribution in [0.15, 0.2) is 36.4 Å². The van der Waals surface area contributed by atoms with Crippen LogP contribution in [0, 0.1) is 11.8 Å². The molecule has 1 saturated carbocycles. The topological polar surface area (TPSA) is 96.0 Å². The lowest BCUT2D eigenvalue weighted by Crippen LogP contribution is -2.51. The van der Waals surface area contributed by atoms with Crippen LogP contribution in [0.4, 0.5) is 0 Å². The van der Waals surface area contributed by atoms with Crippen molar-refractivity contribution in [2.75, 3.05) is 13.7 Å². The number of nitrogens with one attached hydrogen (secondary N) is 1. The van der Waals surface area contributed by atoms with Gasteiger partial charge in [-0.05, 0) is 50.3 Å². The lowest BCUT2D eigenvalue weighted by molar-refractivity contribution is -0.144. The monoisotopic (exact) mass is 495 g/mol. The van der Waals surface area contributed by atoms with Crippen molar-refractivity contribution in [1.29, 1.82) is 0 Å². The Kier molecular flexibility index (Phi) is 8.44. The fourth-order valence-corrected chi connectivity index (χ4v) is 5.56. The van der Waals surface area contributed by atoms with Gasteiger partial charge in [0.15, 0.2) is 0 Å². The molecule has 1 N–H and O–H groups in total. The van der Waals surface area contributed by atoms with Gasteiger partial charge in [0, 0.05) is 25.6 Å². The van der Waals surface area contributed by atoms with Gasteiger partial charge in [-0.25, -0.2) is 0 Å². The van der Waals surface area contributed by atoms with Crippen LogP contribution in [0.1, 0.15) is 63.9 Å². The summed E-state index contributed by atoms with van der Waals surface area (Å²) in [4.78, 5) is 55.1. The van der Waals surface area contributed by atoms with Gasteiger partial charge in [0.1, 0.15) is 11.8 Å². The highest BCUT2D eigenvalue weighted by Crippen LogP contribution is 2.35. The van der Waals surface area contributed by atoms with Crippen molar-refractivity contribution in [3.63, 3.8) is 0 Å². The minimum Gasteiger partial charge on any atom is -0.497 e. The number of rotatable bonds is 9. The van der Waals surface area contributed by atoms with Crippen LogP contribution in [-0.4, -0.2) is 59.2 Å². The zero-order valence-electron chi connectivity index (χ0n) is 21.3. The molecule has 1 aromatic carbocycles. The maximum atomic E-state index is 13.5. The van der Waals surface area contributed by atoms with Gasteiger partial charge in [-0.3, -0.25) is 24.1 Å². The molecule has 1 aromatic rings. The van der Waals surface area contributed by atoms with E-state index in [1.165, 1.54) is 11.3 Å². The molecule has 194 valence electrons. The van der Waals surface area contributed by atoms with Crippen molar-refractivity contribution in [3.05, 3.63) is 42.0 Å². The van der Waals surface area contributed by atoms with Crippen LogP contribution in [-0.2, 0) is 25.7 Å². The van der Waals surface area contributed by atoms with Crippen LogP contribution in [0.2, 0.25) is 0 Å². The van der Waals surface area contributed by atoms with Gasteiger partial charge in [-0.1, -0.05) is 43.5 Å². The van der Waals surface area contributed by atoms with E-state index in [1.54, 1.807) is 18.9 Å². The second-order valence-electron chi connectivity index (χ2n) is 10.1. The maximum Gasteiger partial charge on any atom is 0.242 e. The number of methoxy groups -OCH3 is 1. The van der Waals surface area contributed by atoms with Crippen LogP contribution >= 0.6 is 0 Å². The highest BCUT2D eigenvalue weighted by atomic mass is 16.5. The van der Waals surface area contributed by atoms with Gasteiger partial charge in [0.25, 0.3) is 0 Å². The zero-order valence-corrected chi connectivity index (χ0v) is 21.3. The van der Waals surface area contributed by atoms with Gasteiger partial charge in [-0.2, -0.15) is 0 Å². The number of hydrogen-bond donors (Lipinski definition) is 1. The summed E-state index contributed by atoms with van der Waals surface area (Å²) in [5.41, 5.74) is 0.838. The fourth-order valence-electron chi connectivity index (χ4n) is 5.56. The normalized spacial score (nSPS) is 22.8. The molecule has 1 heterocycles. The SMILES string of the molecule is COc1cccc(CN(C(=O)CCN2C(=O)[C@H]3CC=CC[C@H]3C2=O)[C@H](C)C(=O)NC2CCCCC2)c1.